The summed E-state index contributed by atoms with van der Waals surface area (Å²) in [5.41, 5.74) is 1.12. The topological polar surface area (TPSA) is 21.1 Å². The number of aromatic nitrogens is 2. The van der Waals surface area contributed by atoms with Crippen molar-refractivity contribution in [1.29, 1.82) is 0 Å². The zero-order valence-electron chi connectivity index (χ0n) is 8.42. The summed E-state index contributed by atoms with van der Waals surface area (Å²) in [6.07, 6.45) is 1.98. The van der Waals surface area contributed by atoms with Crippen LogP contribution in [0.4, 0.5) is 0 Å². The van der Waals surface area contributed by atoms with Crippen LogP contribution in [0.2, 0.25) is 0 Å². The average molecular weight is 246 g/mol. The largest absolute Gasteiger partial charge is 0.298 e. The first kappa shape index (κ1) is 10.7. The molecule has 0 saturated heterocycles. The van der Waals surface area contributed by atoms with Crippen LogP contribution in [-0.2, 0) is 13.6 Å². The summed E-state index contributed by atoms with van der Waals surface area (Å²) in [5, 5.41) is 4.37. The number of halogens is 1. The third kappa shape index (κ3) is 2.81. The van der Waals surface area contributed by atoms with Crippen molar-refractivity contribution in [1.82, 2.24) is 14.7 Å². The van der Waals surface area contributed by atoms with Crippen molar-refractivity contribution in [3.8, 4) is 0 Å². The second kappa shape index (κ2) is 4.77. The average Bonchev–Trinajstić information content (AvgIpc) is 2.41. The molecule has 4 heteroatoms. The van der Waals surface area contributed by atoms with Crippen LogP contribution in [0.5, 0.6) is 0 Å². The first-order valence-electron chi connectivity index (χ1n) is 4.57. The van der Waals surface area contributed by atoms with Crippen LogP contribution in [0.3, 0.4) is 0 Å². The standard InChI is InChI=1S/C9H16BrN3/c1-4-13(5-2)7-9-8(10)6-12(3)11-9/h6H,4-5,7H2,1-3H3. The Morgan fingerprint density at radius 3 is 2.46 bits per heavy atom. The summed E-state index contributed by atoms with van der Waals surface area (Å²) in [6.45, 7) is 7.40. The Morgan fingerprint density at radius 2 is 2.08 bits per heavy atom. The molecule has 1 heterocycles. The van der Waals surface area contributed by atoms with Crippen molar-refractivity contribution in [2.75, 3.05) is 13.1 Å². The fourth-order valence-corrected chi connectivity index (χ4v) is 1.77. The summed E-state index contributed by atoms with van der Waals surface area (Å²) in [6, 6.07) is 0. The van der Waals surface area contributed by atoms with E-state index in [1.165, 1.54) is 0 Å². The van der Waals surface area contributed by atoms with Gasteiger partial charge in [-0.1, -0.05) is 13.8 Å². The van der Waals surface area contributed by atoms with Crippen molar-refractivity contribution in [2.45, 2.75) is 20.4 Å². The molecule has 0 aromatic carbocycles. The Hall–Kier alpha value is -0.350. The van der Waals surface area contributed by atoms with Crippen LogP contribution < -0.4 is 0 Å². The molecule has 74 valence electrons. The SMILES string of the molecule is CCN(CC)Cc1nn(C)cc1Br. The van der Waals surface area contributed by atoms with E-state index in [2.05, 4.69) is 39.8 Å². The molecule has 0 aliphatic rings. The molecule has 1 aromatic rings. The third-order valence-electron chi connectivity index (χ3n) is 2.12. The first-order valence-corrected chi connectivity index (χ1v) is 5.37. The summed E-state index contributed by atoms with van der Waals surface area (Å²) in [5.74, 6) is 0. The molecule has 13 heavy (non-hydrogen) atoms. The third-order valence-corrected chi connectivity index (χ3v) is 2.78. The van der Waals surface area contributed by atoms with Crippen molar-refractivity contribution in [2.24, 2.45) is 7.05 Å². The van der Waals surface area contributed by atoms with Gasteiger partial charge in [-0.2, -0.15) is 5.10 Å². The minimum Gasteiger partial charge on any atom is -0.298 e. The Balaban J connectivity index is 2.67. The summed E-state index contributed by atoms with van der Waals surface area (Å²) >= 11 is 3.49. The number of hydrogen-bond donors (Lipinski definition) is 0. The summed E-state index contributed by atoms with van der Waals surface area (Å²) in [4.78, 5) is 2.34. The smallest absolute Gasteiger partial charge is 0.0906 e. The Kier molecular flexibility index (Phi) is 3.93. The zero-order valence-corrected chi connectivity index (χ0v) is 10.0. The fourth-order valence-electron chi connectivity index (χ4n) is 1.27. The zero-order chi connectivity index (χ0) is 9.84. The van der Waals surface area contributed by atoms with Crippen LogP contribution in [0.25, 0.3) is 0 Å². The number of hydrogen-bond acceptors (Lipinski definition) is 2. The van der Waals surface area contributed by atoms with Crippen LogP contribution in [0, 0.1) is 0 Å². The van der Waals surface area contributed by atoms with Crippen LogP contribution in [-0.4, -0.2) is 27.8 Å². The number of nitrogens with zero attached hydrogens (tertiary/aromatic N) is 3. The van der Waals surface area contributed by atoms with Gasteiger partial charge >= 0.3 is 0 Å². The molecule has 0 fully saturated rings. The van der Waals surface area contributed by atoms with Crippen LogP contribution >= 0.6 is 15.9 Å². The van der Waals surface area contributed by atoms with E-state index in [-0.39, 0.29) is 0 Å². The Bertz CT molecular complexity index is 266. The highest BCUT2D eigenvalue weighted by molar-refractivity contribution is 9.10. The van der Waals surface area contributed by atoms with Gasteiger partial charge < -0.3 is 0 Å². The lowest BCUT2D eigenvalue weighted by Crippen LogP contribution is -2.22. The monoisotopic (exact) mass is 245 g/mol. The van der Waals surface area contributed by atoms with Crippen molar-refractivity contribution in [3.63, 3.8) is 0 Å². The first-order chi connectivity index (χ1) is 6.17. The molecule has 1 rings (SSSR count). The van der Waals surface area contributed by atoms with Crippen LogP contribution in [0.1, 0.15) is 19.5 Å². The van der Waals surface area contributed by atoms with Gasteiger partial charge in [-0.15, -0.1) is 0 Å². The second-order valence-corrected chi connectivity index (χ2v) is 3.91. The Morgan fingerprint density at radius 1 is 1.46 bits per heavy atom. The van der Waals surface area contributed by atoms with E-state index < -0.39 is 0 Å². The highest BCUT2D eigenvalue weighted by Crippen LogP contribution is 2.15. The van der Waals surface area contributed by atoms with Crippen molar-refractivity contribution in [3.05, 3.63) is 16.4 Å². The molecule has 0 atom stereocenters. The summed E-state index contributed by atoms with van der Waals surface area (Å²) in [7, 11) is 1.94. The maximum absolute atomic E-state index is 4.37. The van der Waals surface area contributed by atoms with Crippen molar-refractivity contribution < 1.29 is 0 Å². The number of rotatable bonds is 4. The predicted molar refractivity (Wildman–Crippen MR) is 57.5 cm³/mol. The molecule has 0 amide bonds. The molecule has 0 spiro atoms. The number of aryl methyl sites for hydroxylation is 1. The van der Waals surface area contributed by atoms with E-state index >= 15 is 0 Å². The van der Waals surface area contributed by atoms with Gasteiger partial charge in [-0.3, -0.25) is 9.58 Å². The van der Waals surface area contributed by atoms with Gasteiger partial charge in [-0.25, -0.2) is 0 Å². The molecular weight excluding hydrogens is 230 g/mol. The Labute approximate surface area is 87.9 Å². The highest BCUT2D eigenvalue weighted by Gasteiger charge is 2.07. The van der Waals surface area contributed by atoms with Crippen LogP contribution in [0.15, 0.2) is 10.7 Å². The molecule has 0 saturated carbocycles. The lowest BCUT2D eigenvalue weighted by molar-refractivity contribution is 0.291. The molecule has 3 nitrogen and oxygen atoms in total. The molecule has 0 bridgehead atoms. The molecule has 0 radical (unpaired) electrons. The quantitative estimate of drug-likeness (QED) is 0.810. The van der Waals surface area contributed by atoms with E-state index in [1.54, 1.807) is 0 Å². The van der Waals surface area contributed by atoms with Crippen molar-refractivity contribution >= 4 is 15.9 Å². The van der Waals surface area contributed by atoms with E-state index in [9.17, 15) is 0 Å². The van der Waals surface area contributed by atoms with E-state index in [4.69, 9.17) is 0 Å². The fraction of sp³-hybridized carbons (Fsp3) is 0.667. The lowest BCUT2D eigenvalue weighted by atomic mass is 10.4. The molecule has 1 aromatic heterocycles. The van der Waals surface area contributed by atoms with E-state index in [1.807, 2.05) is 17.9 Å². The summed E-state index contributed by atoms with van der Waals surface area (Å²) < 4.78 is 2.94. The van der Waals surface area contributed by atoms with E-state index in [0.717, 1.165) is 29.8 Å². The second-order valence-electron chi connectivity index (χ2n) is 3.06. The van der Waals surface area contributed by atoms with Gasteiger partial charge in [0.2, 0.25) is 0 Å². The molecular formula is C9H16BrN3. The normalized spacial score (nSPS) is 11.2. The molecule has 0 aliphatic heterocycles. The minimum absolute atomic E-state index is 0.925. The highest BCUT2D eigenvalue weighted by atomic mass is 79.9. The van der Waals surface area contributed by atoms with Gasteiger partial charge in [-0.05, 0) is 29.0 Å². The molecule has 0 aliphatic carbocycles. The van der Waals surface area contributed by atoms with Gasteiger partial charge in [0.15, 0.2) is 0 Å². The predicted octanol–water partition coefficient (Wildman–Crippen LogP) is 2.02. The molecule has 0 unspecified atom stereocenters. The maximum Gasteiger partial charge on any atom is 0.0906 e. The van der Waals surface area contributed by atoms with Gasteiger partial charge in [0.05, 0.1) is 10.2 Å². The molecule has 0 N–H and O–H groups in total. The lowest BCUT2D eigenvalue weighted by Gasteiger charge is -2.16. The van der Waals surface area contributed by atoms with Gasteiger partial charge in [0.25, 0.3) is 0 Å². The van der Waals surface area contributed by atoms with Gasteiger partial charge in [0, 0.05) is 19.8 Å². The maximum atomic E-state index is 4.37. The van der Waals surface area contributed by atoms with Gasteiger partial charge in [0.1, 0.15) is 0 Å². The van der Waals surface area contributed by atoms with E-state index in [0.29, 0.717) is 0 Å². The minimum atomic E-state index is 0.925.